The van der Waals surface area contributed by atoms with Gasteiger partial charge in [0.15, 0.2) is 0 Å². The third-order valence-corrected chi connectivity index (χ3v) is 4.51. The molecule has 6 heteroatoms. The van der Waals surface area contributed by atoms with E-state index in [1.807, 2.05) is 18.2 Å². The van der Waals surface area contributed by atoms with Gasteiger partial charge in [0.05, 0.1) is 6.61 Å². The lowest BCUT2D eigenvalue weighted by atomic mass is 10.0. The molecule has 0 aliphatic carbocycles. The molecule has 2 amide bonds. The lowest BCUT2D eigenvalue weighted by Gasteiger charge is -2.23. The fourth-order valence-electron chi connectivity index (χ4n) is 3.07. The molecule has 130 valence electrons. The van der Waals surface area contributed by atoms with Gasteiger partial charge in [0.2, 0.25) is 11.8 Å². The Hall–Kier alpha value is -2.08. The van der Waals surface area contributed by atoms with E-state index in [0.717, 1.165) is 42.9 Å². The molecule has 3 rings (SSSR count). The van der Waals surface area contributed by atoms with Crippen LogP contribution in [0.25, 0.3) is 0 Å². The van der Waals surface area contributed by atoms with Gasteiger partial charge < -0.3 is 19.7 Å². The third-order valence-electron chi connectivity index (χ3n) is 4.51. The van der Waals surface area contributed by atoms with Crippen LogP contribution in [-0.2, 0) is 20.7 Å². The van der Waals surface area contributed by atoms with E-state index < -0.39 is 0 Å². The second-order valence-corrected chi connectivity index (χ2v) is 6.29. The minimum Gasteiger partial charge on any atom is -0.494 e. The van der Waals surface area contributed by atoms with E-state index >= 15 is 0 Å². The predicted molar refractivity (Wildman–Crippen MR) is 89.9 cm³/mol. The maximum atomic E-state index is 12.1. The molecule has 2 aliphatic heterocycles. The van der Waals surface area contributed by atoms with E-state index in [1.165, 1.54) is 0 Å². The Labute approximate surface area is 142 Å². The number of amides is 2. The zero-order valence-electron chi connectivity index (χ0n) is 14.0. The molecule has 0 spiro atoms. The lowest BCUT2D eigenvalue weighted by molar-refractivity contribution is -0.140. The van der Waals surface area contributed by atoms with Gasteiger partial charge in [-0.05, 0) is 49.4 Å². The molecule has 0 radical (unpaired) electrons. The van der Waals surface area contributed by atoms with Crippen molar-refractivity contribution in [1.29, 1.82) is 0 Å². The van der Waals surface area contributed by atoms with E-state index in [9.17, 15) is 9.59 Å². The van der Waals surface area contributed by atoms with Crippen LogP contribution < -0.4 is 10.1 Å². The number of benzene rings is 1. The molecule has 0 saturated carbocycles. The van der Waals surface area contributed by atoms with Gasteiger partial charge in [-0.15, -0.1) is 0 Å². The summed E-state index contributed by atoms with van der Waals surface area (Å²) in [6, 6.07) is 5.69. The molecule has 24 heavy (non-hydrogen) atoms. The molecule has 1 fully saturated rings. The minimum absolute atomic E-state index is 0.0602. The van der Waals surface area contributed by atoms with Gasteiger partial charge in [0.25, 0.3) is 0 Å². The van der Waals surface area contributed by atoms with Crippen LogP contribution in [0.5, 0.6) is 5.75 Å². The van der Waals surface area contributed by atoms with E-state index in [4.69, 9.17) is 9.47 Å². The molecule has 2 heterocycles. The van der Waals surface area contributed by atoms with Crippen LogP contribution in [0.4, 0.5) is 5.69 Å². The molecular weight excluding hydrogens is 308 g/mol. The fraction of sp³-hybridized carbons (Fsp3) is 0.556. The highest BCUT2D eigenvalue weighted by atomic mass is 16.5. The number of carbonyl (C=O) groups is 2. The summed E-state index contributed by atoms with van der Waals surface area (Å²) in [6.45, 7) is 1.24. The highest BCUT2D eigenvalue weighted by Gasteiger charge is 2.23. The van der Waals surface area contributed by atoms with Crippen molar-refractivity contribution in [2.45, 2.75) is 44.8 Å². The summed E-state index contributed by atoms with van der Waals surface area (Å²) in [6.07, 6.45) is 4.26. The first-order valence-electron chi connectivity index (χ1n) is 8.56. The van der Waals surface area contributed by atoms with Crippen LogP contribution in [-0.4, -0.2) is 43.2 Å². The summed E-state index contributed by atoms with van der Waals surface area (Å²) in [7, 11) is 1.80. The van der Waals surface area contributed by atoms with E-state index in [2.05, 4.69) is 5.32 Å². The first kappa shape index (κ1) is 16.8. The standard InChI is InChI=1S/C18H24N2O4/c1-20(18-5-3-11-24-18)17(22)4-2-10-23-14-7-8-15-13(12-14)6-9-16(21)19-15/h7-8,12,18H,2-6,9-11H2,1H3,(H,19,21). The first-order valence-corrected chi connectivity index (χ1v) is 8.56. The van der Waals surface area contributed by atoms with E-state index in [0.29, 0.717) is 25.9 Å². The molecule has 6 nitrogen and oxygen atoms in total. The number of ether oxygens (including phenoxy) is 2. The maximum Gasteiger partial charge on any atom is 0.224 e. The number of aryl methyl sites for hydroxylation is 1. The highest BCUT2D eigenvalue weighted by molar-refractivity contribution is 5.94. The van der Waals surface area contributed by atoms with Crippen molar-refractivity contribution in [2.75, 3.05) is 25.6 Å². The minimum atomic E-state index is -0.0609. The van der Waals surface area contributed by atoms with Crippen molar-refractivity contribution in [3.63, 3.8) is 0 Å². The molecule has 1 unspecified atom stereocenters. The Bertz CT molecular complexity index is 611. The Morgan fingerprint density at radius 1 is 1.42 bits per heavy atom. The number of nitrogens with zero attached hydrogens (tertiary/aromatic N) is 1. The maximum absolute atomic E-state index is 12.1. The Morgan fingerprint density at radius 3 is 3.08 bits per heavy atom. The average Bonchev–Trinajstić information content (AvgIpc) is 3.12. The number of anilines is 1. The summed E-state index contributed by atoms with van der Waals surface area (Å²) in [5.74, 6) is 0.938. The number of nitrogens with one attached hydrogen (secondary N) is 1. The molecule has 0 aromatic heterocycles. The number of hydrogen-bond acceptors (Lipinski definition) is 4. The molecule has 1 aromatic rings. The summed E-state index contributed by atoms with van der Waals surface area (Å²) in [5, 5.41) is 2.85. The second kappa shape index (κ2) is 7.66. The van der Waals surface area contributed by atoms with Crippen molar-refractivity contribution in [2.24, 2.45) is 0 Å². The van der Waals surface area contributed by atoms with Gasteiger partial charge in [-0.2, -0.15) is 0 Å². The topological polar surface area (TPSA) is 67.9 Å². The average molecular weight is 332 g/mol. The van der Waals surface area contributed by atoms with E-state index in [-0.39, 0.29) is 18.0 Å². The number of rotatable bonds is 6. The first-order chi connectivity index (χ1) is 11.6. The van der Waals surface area contributed by atoms with E-state index in [1.54, 1.807) is 11.9 Å². The van der Waals surface area contributed by atoms with Crippen molar-refractivity contribution in [1.82, 2.24) is 4.90 Å². The third kappa shape index (κ3) is 4.06. The monoisotopic (exact) mass is 332 g/mol. The van der Waals surface area contributed by atoms with Gasteiger partial charge in [-0.25, -0.2) is 0 Å². The SMILES string of the molecule is CN(C(=O)CCCOc1ccc2c(c1)CCC(=O)N2)C1CCCO1. The summed E-state index contributed by atoms with van der Waals surface area (Å²) < 4.78 is 11.3. The van der Waals surface area contributed by atoms with Gasteiger partial charge >= 0.3 is 0 Å². The molecule has 1 saturated heterocycles. The zero-order chi connectivity index (χ0) is 16.9. The van der Waals surface area contributed by atoms with Crippen LogP contribution >= 0.6 is 0 Å². The highest BCUT2D eigenvalue weighted by Crippen LogP contribution is 2.27. The normalized spacial score (nSPS) is 19.5. The molecular formula is C18H24N2O4. The summed E-state index contributed by atoms with van der Waals surface area (Å²) in [5.41, 5.74) is 1.97. The molecule has 0 bridgehead atoms. The Morgan fingerprint density at radius 2 is 2.29 bits per heavy atom. The van der Waals surface area contributed by atoms with Gasteiger partial charge in [-0.1, -0.05) is 0 Å². The van der Waals surface area contributed by atoms with Gasteiger partial charge in [-0.3, -0.25) is 9.59 Å². The van der Waals surface area contributed by atoms with Crippen LogP contribution in [0, 0.1) is 0 Å². The molecule has 2 aliphatic rings. The summed E-state index contributed by atoms with van der Waals surface area (Å²) >= 11 is 0. The Balaban J connectivity index is 1.42. The smallest absolute Gasteiger partial charge is 0.224 e. The van der Waals surface area contributed by atoms with Crippen molar-refractivity contribution >= 4 is 17.5 Å². The van der Waals surface area contributed by atoms with Gasteiger partial charge in [0.1, 0.15) is 12.0 Å². The van der Waals surface area contributed by atoms with Crippen LogP contribution in [0.1, 0.15) is 37.7 Å². The van der Waals surface area contributed by atoms with Crippen LogP contribution in [0.15, 0.2) is 18.2 Å². The van der Waals surface area contributed by atoms with Crippen molar-refractivity contribution in [3.05, 3.63) is 23.8 Å². The van der Waals surface area contributed by atoms with Crippen LogP contribution in [0.3, 0.4) is 0 Å². The van der Waals surface area contributed by atoms with Crippen molar-refractivity contribution < 1.29 is 19.1 Å². The largest absolute Gasteiger partial charge is 0.494 e. The van der Waals surface area contributed by atoms with Crippen LogP contribution in [0.2, 0.25) is 0 Å². The number of fused-ring (bicyclic) bond motifs is 1. The summed E-state index contributed by atoms with van der Waals surface area (Å²) in [4.78, 5) is 25.2. The van der Waals surface area contributed by atoms with Crippen molar-refractivity contribution in [3.8, 4) is 5.75 Å². The Kier molecular flexibility index (Phi) is 5.35. The molecule has 1 atom stereocenters. The zero-order valence-corrected chi connectivity index (χ0v) is 14.0. The lowest BCUT2D eigenvalue weighted by Crippen LogP contribution is -2.36. The fourth-order valence-corrected chi connectivity index (χ4v) is 3.07. The van der Waals surface area contributed by atoms with Gasteiger partial charge in [0, 0.05) is 32.2 Å². The number of carbonyl (C=O) groups excluding carboxylic acids is 2. The predicted octanol–water partition coefficient (Wildman–Crippen LogP) is 2.33. The molecule has 1 N–H and O–H groups in total. The molecule has 1 aromatic carbocycles. The quantitative estimate of drug-likeness (QED) is 0.812. The second-order valence-electron chi connectivity index (χ2n) is 6.29. The number of hydrogen-bond donors (Lipinski definition) is 1.